The number of aryl methyl sites for hydroxylation is 1. The van der Waals surface area contributed by atoms with Crippen molar-refractivity contribution in [3.05, 3.63) is 47.5 Å². The Hall–Kier alpha value is -1.91. The van der Waals surface area contributed by atoms with Crippen molar-refractivity contribution < 1.29 is 9.53 Å². The first-order chi connectivity index (χ1) is 10.1. The van der Waals surface area contributed by atoms with Crippen molar-refractivity contribution in [2.24, 2.45) is 0 Å². The van der Waals surface area contributed by atoms with E-state index < -0.39 is 5.24 Å². The molecule has 3 rings (SSSR count). The lowest BCUT2D eigenvalue weighted by Crippen LogP contribution is -1.87. The lowest BCUT2D eigenvalue weighted by molar-refractivity contribution is 0.108. The molecule has 0 radical (unpaired) electrons. The Labute approximate surface area is 131 Å². The number of rotatable bonds is 3. The lowest BCUT2D eigenvalue weighted by Gasteiger charge is -2.02. The molecule has 0 atom stereocenters. The molecule has 0 spiro atoms. The molecule has 0 aliphatic heterocycles. The van der Waals surface area contributed by atoms with Gasteiger partial charge in [0, 0.05) is 17.2 Å². The molecule has 3 nitrogen and oxygen atoms in total. The van der Waals surface area contributed by atoms with Crippen molar-refractivity contribution in [2.75, 3.05) is 7.11 Å². The first kappa shape index (κ1) is 14.0. The second-order valence-corrected chi connectivity index (χ2v) is 6.03. The smallest absolute Gasteiger partial charge is 0.252 e. The summed E-state index contributed by atoms with van der Waals surface area (Å²) in [4.78, 5) is 15.7. The van der Waals surface area contributed by atoms with Gasteiger partial charge in [0.25, 0.3) is 5.24 Å². The largest absolute Gasteiger partial charge is 0.496 e. The fraction of sp³-hybridized carbons (Fsp3) is 0.125. The van der Waals surface area contributed by atoms with E-state index in [4.69, 9.17) is 16.3 Å². The fourth-order valence-corrected chi connectivity index (χ4v) is 3.32. The van der Waals surface area contributed by atoms with E-state index in [0.29, 0.717) is 5.56 Å². The molecule has 1 aromatic heterocycles. The van der Waals surface area contributed by atoms with Crippen LogP contribution in [0, 0.1) is 6.92 Å². The summed E-state index contributed by atoms with van der Waals surface area (Å²) in [7, 11) is 1.66. The van der Waals surface area contributed by atoms with Crippen molar-refractivity contribution in [1.82, 2.24) is 4.98 Å². The maximum atomic E-state index is 11.1. The van der Waals surface area contributed by atoms with Crippen LogP contribution in [0.5, 0.6) is 5.75 Å². The Kier molecular flexibility index (Phi) is 3.66. The SMILES string of the molecule is COc1cc2nc(-c3ccc(C(=O)Cl)cc3)sc2cc1C. The zero-order valence-corrected chi connectivity index (χ0v) is 13.1. The fourth-order valence-electron chi connectivity index (χ4n) is 2.14. The number of nitrogens with zero attached hydrogens (tertiary/aromatic N) is 1. The molecule has 106 valence electrons. The van der Waals surface area contributed by atoms with Gasteiger partial charge in [-0.05, 0) is 42.3 Å². The van der Waals surface area contributed by atoms with E-state index in [2.05, 4.69) is 11.1 Å². The minimum Gasteiger partial charge on any atom is -0.496 e. The van der Waals surface area contributed by atoms with Gasteiger partial charge in [-0.25, -0.2) is 4.98 Å². The van der Waals surface area contributed by atoms with Gasteiger partial charge in [0.15, 0.2) is 0 Å². The van der Waals surface area contributed by atoms with Crippen molar-refractivity contribution in [1.29, 1.82) is 0 Å². The summed E-state index contributed by atoms with van der Waals surface area (Å²) >= 11 is 7.06. The number of hydrogen-bond donors (Lipinski definition) is 0. The zero-order valence-electron chi connectivity index (χ0n) is 11.5. The molecule has 2 aromatic carbocycles. The summed E-state index contributed by atoms with van der Waals surface area (Å²) in [5.41, 5.74) is 3.45. The predicted molar refractivity (Wildman–Crippen MR) is 86.5 cm³/mol. The summed E-state index contributed by atoms with van der Waals surface area (Å²) in [6.07, 6.45) is 0. The molecule has 21 heavy (non-hydrogen) atoms. The maximum absolute atomic E-state index is 11.1. The normalized spacial score (nSPS) is 10.8. The number of benzene rings is 2. The monoisotopic (exact) mass is 317 g/mol. The summed E-state index contributed by atoms with van der Waals surface area (Å²) in [5, 5.41) is 0.456. The standard InChI is InChI=1S/C16H12ClNO2S/c1-9-7-14-12(8-13(9)20-2)18-16(21-14)11-5-3-10(4-6-11)15(17)19/h3-8H,1-2H3. The van der Waals surface area contributed by atoms with Gasteiger partial charge in [0.1, 0.15) is 10.8 Å². The number of thiazole rings is 1. The van der Waals surface area contributed by atoms with Crippen molar-refractivity contribution in [2.45, 2.75) is 6.92 Å². The molecular formula is C16H12ClNO2S. The van der Waals surface area contributed by atoms with E-state index in [1.54, 1.807) is 30.6 Å². The van der Waals surface area contributed by atoms with Crippen LogP contribution in [-0.2, 0) is 0 Å². The van der Waals surface area contributed by atoms with Crippen molar-refractivity contribution >= 4 is 38.4 Å². The third kappa shape index (κ3) is 2.64. The highest BCUT2D eigenvalue weighted by molar-refractivity contribution is 7.21. The highest BCUT2D eigenvalue weighted by atomic mass is 35.5. The number of aromatic nitrogens is 1. The number of ether oxygens (including phenoxy) is 1. The number of methoxy groups -OCH3 is 1. The second-order valence-electron chi connectivity index (χ2n) is 4.66. The Morgan fingerprint density at radius 3 is 2.57 bits per heavy atom. The zero-order chi connectivity index (χ0) is 15.0. The van der Waals surface area contributed by atoms with Crippen LogP contribution >= 0.6 is 22.9 Å². The molecule has 0 fully saturated rings. The Balaban J connectivity index is 2.06. The maximum Gasteiger partial charge on any atom is 0.252 e. The highest BCUT2D eigenvalue weighted by Gasteiger charge is 2.10. The van der Waals surface area contributed by atoms with Crippen LogP contribution in [0.1, 0.15) is 15.9 Å². The Morgan fingerprint density at radius 1 is 1.24 bits per heavy atom. The number of carbonyl (C=O) groups is 1. The molecule has 0 aliphatic rings. The quantitative estimate of drug-likeness (QED) is 0.659. The van der Waals surface area contributed by atoms with Gasteiger partial charge < -0.3 is 4.74 Å². The Morgan fingerprint density at radius 2 is 1.95 bits per heavy atom. The average Bonchev–Trinajstić information content (AvgIpc) is 2.89. The van der Waals surface area contributed by atoms with E-state index in [1.165, 1.54) is 0 Å². The molecule has 1 heterocycles. The molecular weight excluding hydrogens is 306 g/mol. The van der Waals surface area contributed by atoms with Gasteiger partial charge in [-0.1, -0.05) is 12.1 Å². The van der Waals surface area contributed by atoms with E-state index in [-0.39, 0.29) is 0 Å². The molecule has 5 heteroatoms. The number of carbonyl (C=O) groups excluding carboxylic acids is 1. The van der Waals surface area contributed by atoms with E-state index in [9.17, 15) is 4.79 Å². The van der Waals surface area contributed by atoms with Crippen LogP contribution in [0.4, 0.5) is 0 Å². The van der Waals surface area contributed by atoms with Crippen LogP contribution < -0.4 is 4.74 Å². The summed E-state index contributed by atoms with van der Waals surface area (Å²) in [6.45, 7) is 2.01. The first-order valence-electron chi connectivity index (χ1n) is 6.34. The van der Waals surface area contributed by atoms with Crippen LogP contribution in [0.15, 0.2) is 36.4 Å². The summed E-state index contributed by atoms with van der Waals surface area (Å²) < 4.78 is 6.43. The minimum absolute atomic E-state index is 0.453. The third-order valence-electron chi connectivity index (χ3n) is 3.26. The lowest BCUT2D eigenvalue weighted by atomic mass is 10.1. The van der Waals surface area contributed by atoms with Gasteiger partial charge in [0.2, 0.25) is 0 Å². The van der Waals surface area contributed by atoms with E-state index in [0.717, 1.165) is 32.1 Å². The number of halogens is 1. The summed E-state index contributed by atoms with van der Waals surface area (Å²) in [6, 6.07) is 11.2. The van der Waals surface area contributed by atoms with Gasteiger partial charge in [0.05, 0.1) is 17.3 Å². The molecule has 3 aromatic rings. The Bertz CT molecular complexity index is 824. The van der Waals surface area contributed by atoms with Crippen LogP contribution in [0.25, 0.3) is 20.8 Å². The van der Waals surface area contributed by atoms with Gasteiger partial charge >= 0.3 is 0 Å². The number of hydrogen-bond acceptors (Lipinski definition) is 4. The molecule has 0 saturated heterocycles. The van der Waals surface area contributed by atoms with Crippen LogP contribution in [0.2, 0.25) is 0 Å². The minimum atomic E-state index is -0.453. The van der Waals surface area contributed by atoms with Gasteiger partial charge in [-0.3, -0.25) is 4.79 Å². The molecule has 0 unspecified atom stereocenters. The van der Waals surface area contributed by atoms with Crippen molar-refractivity contribution in [3.8, 4) is 16.3 Å². The van der Waals surface area contributed by atoms with Crippen LogP contribution in [-0.4, -0.2) is 17.3 Å². The third-order valence-corrected chi connectivity index (χ3v) is 4.55. The molecule has 0 aliphatic carbocycles. The molecule has 0 bridgehead atoms. The van der Waals surface area contributed by atoms with E-state index in [1.807, 2.05) is 25.1 Å². The van der Waals surface area contributed by atoms with Crippen LogP contribution in [0.3, 0.4) is 0 Å². The van der Waals surface area contributed by atoms with Crippen molar-refractivity contribution in [3.63, 3.8) is 0 Å². The molecule has 0 N–H and O–H groups in total. The second kappa shape index (κ2) is 5.47. The van der Waals surface area contributed by atoms with Gasteiger partial charge in [-0.15, -0.1) is 11.3 Å². The summed E-state index contributed by atoms with van der Waals surface area (Å²) in [5.74, 6) is 0.836. The highest BCUT2D eigenvalue weighted by Crippen LogP contribution is 2.34. The number of fused-ring (bicyclic) bond motifs is 1. The predicted octanol–water partition coefficient (Wildman–Crippen LogP) is 4.66. The molecule has 0 saturated carbocycles. The first-order valence-corrected chi connectivity index (χ1v) is 7.53. The van der Waals surface area contributed by atoms with E-state index >= 15 is 0 Å². The molecule has 0 amide bonds. The van der Waals surface area contributed by atoms with Gasteiger partial charge in [-0.2, -0.15) is 0 Å². The topological polar surface area (TPSA) is 39.2 Å². The average molecular weight is 318 g/mol.